The topological polar surface area (TPSA) is 39.1 Å². The molecule has 5 heteroatoms. The number of fused-ring (bicyclic) bond motifs is 1. The summed E-state index contributed by atoms with van der Waals surface area (Å²) in [5.74, 6) is 0.368. The fourth-order valence-corrected chi connectivity index (χ4v) is 3.06. The first-order valence-electron chi connectivity index (χ1n) is 7.55. The largest absolute Gasteiger partial charge is 0.487 e. The Morgan fingerprint density at radius 1 is 1.41 bits per heavy atom. The number of ether oxygens (including phenoxy) is 1. The highest BCUT2D eigenvalue weighted by Gasteiger charge is 2.33. The first kappa shape index (κ1) is 15.0. The molecule has 0 amide bonds. The van der Waals surface area contributed by atoms with Gasteiger partial charge in [0.05, 0.1) is 11.4 Å². The van der Waals surface area contributed by atoms with Gasteiger partial charge in [-0.15, -0.1) is 0 Å². The van der Waals surface area contributed by atoms with E-state index in [9.17, 15) is 4.39 Å². The van der Waals surface area contributed by atoms with Gasteiger partial charge in [-0.2, -0.15) is 5.10 Å². The molecule has 2 heterocycles. The number of hydrogen-bond donors (Lipinski definition) is 1. The standard InChI is InChI=1S/C17H22FN3O/c1-11-7-13(21(4)20-11)10-19-15-9-17(2,3)22-16-8-12(18)5-6-14(15)16/h5-8,15,19H,9-10H2,1-4H3. The van der Waals surface area contributed by atoms with Crippen LogP contribution in [0.15, 0.2) is 24.3 Å². The zero-order chi connectivity index (χ0) is 15.9. The van der Waals surface area contributed by atoms with Gasteiger partial charge in [-0.05, 0) is 32.9 Å². The van der Waals surface area contributed by atoms with Crippen molar-refractivity contribution in [1.29, 1.82) is 0 Å². The van der Waals surface area contributed by atoms with Crippen LogP contribution in [0.5, 0.6) is 5.75 Å². The molecule has 1 atom stereocenters. The molecule has 1 aromatic carbocycles. The highest BCUT2D eigenvalue weighted by atomic mass is 19.1. The number of halogens is 1. The average Bonchev–Trinajstić information content (AvgIpc) is 2.72. The van der Waals surface area contributed by atoms with E-state index in [1.54, 1.807) is 0 Å². The van der Waals surface area contributed by atoms with Gasteiger partial charge >= 0.3 is 0 Å². The second kappa shape index (κ2) is 5.39. The Bertz CT molecular complexity index is 693. The number of benzene rings is 1. The van der Waals surface area contributed by atoms with Gasteiger partial charge < -0.3 is 10.1 Å². The van der Waals surface area contributed by atoms with Crippen molar-refractivity contribution in [2.45, 2.75) is 45.4 Å². The zero-order valence-electron chi connectivity index (χ0n) is 13.5. The summed E-state index contributed by atoms with van der Waals surface area (Å²) in [4.78, 5) is 0. The van der Waals surface area contributed by atoms with Crippen molar-refractivity contribution >= 4 is 0 Å². The average molecular weight is 303 g/mol. The summed E-state index contributed by atoms with van der Waals surface area (Å²) in [7, 11) is 1.95. The lowest BCUT2D eigenvalue weighted by atomic mass is 9.89. The van der Waals surface area contributed by atoms with Crippen LogP contribution in [0, 0.1) is 12.7 Å². The maximum Gasteiger partial charge on any atom is 0.127 e. The van der Waals surface area contributed by atoms with Gasteiger partial charge in [-0.3, -0.25) is 4.68 Å². The maximum absolute atomic E-state index is 13.5. The molecule has 0 aliphatic carbocycles. The first-order valence-corrected chi connectivity index (χ1v) is 7.55. The number of nitrogens with zero attached hydrogens (tertiary/aromatic N) is 2. The molecule has 0 fully saturated rings. The van der Waals surface area contributed by atoms with Gasteiger partial charge in [-0.25, -0.2) is 4.39 Å². The molecule has 118 valence electrons. The molecular formula is C17H22FN3O. The van der Waals surface area contributed by atoms with E-state index in [0.29, 0.717) is 5.75 Å². The lowest BCUT2D eigenvalue weighted by molar-refractivity contribution is 0.0651. The summed E-state index contributed by atoms with van der Waals surface area (Å²) in [5.41, 5.74) is 2.83. The van der Waals surface area contributed by atoms with Crippen LogP contribution in [0.4, 0.5) is 4.39 Å². The molecule has 0 radical (unpaired) electrons. The van der Waals surface area contributed by atoms with Crippen molar-refractivity contribution in [3.8, 4) is 5.75 Å². The lowest BCUT2D eigenvalue weighted by Crippen LogP contribution is -2.39. The van der Waals surface area contributed by atoms with Crippen LogP contribution < -0.4 is 10.1 Å². The highest BCUT2D eigenvalue weighted by Crippen LogP contribution is 2.39. The van der Waals surface area contributed by atoms with Gasteiger partial charge in [0, 0.05) is 37.7 Å². The number of hydrogen-bond acceptors (Lipinski definition) is 3. The van der Waals surface area contributed by atoms with Crippen LogP contribution in [0.2, 0.25) is 0 Å². The predicted octanol–water partition coefficient (Wildman–Crippen LogP) is 3.26. The summed E-state index contributed by atoms with van der Waals surface area (Å²) in [6, 6.07) is 6.98. The fourth-order valence-electron chi connectivity index (χ4n) is 3.06. The van der Waals surface area contributed by atoms with Crippen molar-refractivity contribution in [3.05, 3.63) is 47.0 Å². The Morgan fingerprint density at radius 2 is 2.18 bits per heavy atom. The molecule has 0 spiro atoms. The van der Waals surface area contributed by atoms with Crippen molar-refractivity contribution in [3.63, 3.8) is 0 Å². The van der Waals surface area contributed by atoms with Gasteiger partial charge in [-0.1, -0.05) is 6.07 Å². The number of rotatable bonds is 3. The number of aryl methyl sites for hydroxylation is 2. The molecule has 0 bridgehead atoms. The molecule has 1 aliphatic rings. The second-order valence-corrected chi connectivity index (χ2v) is 6.58. The maximum atomic E-state index is 13.5. The molecule has 1 aromatic heterocycles. The van der Waals surface area contributed by atoms with Crippen molar-refractivity contribution in [2.75, 3.05) is 0 Å². The molecular weight excluding hydrogens is 281 g/mol. The van der Waals surface area contributed by atoms with Crippen LogP contribution in [-0.4, -0.2) is 15.4 Å². The van der Waals surface area contributed by atoms with Crippen LogP contribution in [0.1, 0.15) is 43.3 Å². The Balaban J connectivity index is 1.83. The van der Waals surface area contributed by atoms with Crippen LogP contribution in [-0.2, 0) is 13.6 Å². The molecule has 1 N–H and O–H groups in total. The Kier molecular flexibility index (Phi) is 3.68. The number of nitrogens with one attached hydrogen (secondary N) is 1. The van der Waals surface area contributed by atoms with E-state index in [4.69, 9.17) is 4.74 Å². The molecule has 1 unspecified atom stereocenters. The van der Waals surface area contributed by atoms with E-state index in [2.05, 4.69) is 16.5 Å². The minimum absolute atomic E-state index is 0.134. The van der Waals surface area contributed by atoms with Gasteiger partial charge in [0.15, 0.2) is 0 Å². The highest BCUT2D eigenvalue weighted by molar-refractivity contribution is 5.39. The fraction of sp³-hybridized carbons (Fsp3) is 0.471. The zero-order valence-corrected chi connectivity index (χ0v) is 13.5. The third kappa shape index (κ3) is 2.99. The second-order valence-electron chi connectivity index (χ2n) is 6.58. The summed E-state index contributed by atoms with van der Waals surface area (Å²) < 4.78 is 21.3. The van der Waals surface area contributed by atoms with Crippen LogP contribution in [0.3, 0.4) is 0 Å². The van der Waals surface area contributed by atoms with Gasteiger partial charge in [0.25, 0.3) is 0 Å². The SMILES string of the molecule is Cc1cc(CNC2CC(C)(C)Oc3cc(F)ccc32)n(C)n1. The Hall–Kier alpha value is -1.88. The van der Waals surface area contributed by atoms with E-state index >= 15 is 0 Å². The monoisotopic (exact) mass is 303 g/mol. The van der Waals surface area contributed by atoms with Crippen LogP contribution in [0.25, 0.3) is 0 Å². The van der Waals surface area contributed by atoms with Crippen molar-refractivity contribution < 1.29 is 9.13 Å². The molecule has 1 aliphatic heterocycles. The summed E-state index contributed by atoms with van der Waals surface area (Å²) in [6.45, 7) is 6.77. The molecule has 22 heavy (non-hydrogen) atoms. The molecule has 2 aromatic rings. The quantitative estimate of drug-likeness (QED) is 0.946. The Morgan fingerprint density at radius 3 is 2.86 bits per heavy atom. The molecule has 3 rings (SSSR count). The first-order chi connectivity index (χ1) is 10.3. The summed E-state index contributed by atoms with van der Waals surface area (Å²) >= 11 is 0. The lowest BCUT2D eigenvalue weighted by Gasteiger charge is -2.38. The molecule has 0 saturated heterocycles. The van der Waals surface area contributed by atoms with E-state index in [1.165, 1.54) is 12.1 Å². The van der Waals surface area contributed by atoms with Crippen molar-refractivity contribution in [2.24, 2.45) is 7.05 Å². The third-order valence-electron chi connectivity index (χ3n) is 4.06. The minimum atomic E-state index is -0.319. The molecule has 0 saturated carbocycles. The predicted molar refractivity (Wildman–Crippen MR) is 83.2 cm³/mol. The van der Waals surface area contributed by atoms with E-state index in [1.807, 2.05) is 38.6 Å². The van der Waals surface area contributed by atoms with E-state index in [-0.39, 0.29) is 17.5 Å². The smallest absolute Gasteiger partial charge is 0.127 e. The normalized spacial score (nSPS) is 19.6. The van der Waals surface area contributed by atoms with Crippen molar-refractivity contribution in [1.82, 2.24) is 15.1 Å². The number of aromatic nitrogens is 2. The summed E-state index contributed by atoms with van der Waals surface area (Å²) in [5, 5.41) is 7.92. The van der Waals surface area contributed by atoms with E-state index < -0.39 is 0 Å². The van der Waals surface area contributed by atoms with Gasteiger partial charge in [0.1, 0.15) is 17.2 Å². The third-order valence-corrected chi connectivity index (χ3v) is 4.06. The van der Waals surface area contributed by atoms with E-state index in [0.717, 1.165) is 29.9 Å². The Labute approximate surface area is 130 Å². The molecule has 4 nitrogen and oxygen atoms in total. The minimum Gasteiger partial charge on any atom is -0.487 e. The van der Waals surface area contributed by atoms with Crippen LogP contribution >= 0.6 is 0 Å². The van der Waals surface area contributed by atoms with Gasteiger partial charge in [0.2, 0.25) is 0 Å². The summed E-state index contributed by atoms with van der Waals surface area (Å²) in [6.07, 6.45) is 0.836.